The highest BCUT2D eigenvalue weighted by atomic mass is 32.1. The summed E-state index contributed by atoms with van der Waals surface area (Å²) in [5.41, 5.74) is 1.14. The number of aryl methyl sites for hydroxylation is 1. The first-order chi connectivity index (χ1) is 22.9. The Morgan fingerprint density at radius 1 is 1.12 bits per heavy atom. The monoisotopic (exact) mass is 684 g/mol. The van der Waals surface area contributed by atoms with E-state index in [1.165, 1.54) is 18.4 Å². The first kappa shape index (κ1) is 34.2. The lowest BCUT2D eigenvalue weighted by atomic mass is 9.71. The number of hydrogen-bond acceptors (Lipinski definition) is 13. The maximum absolute atomic E-state index is 14.2. The molecule has 3 aliphatic heterocycles. The number of nitrogens with zero attached hydrogens (tertiary/aromatic N) is 2. The standard InChI is InChI=1S/C35H44N2O10S/c1-20-31(48-18-36-20)32(39)47-34(2,3)10-7-11-35(41,17-27(38)43-5)33(40)46-30-26(42-4)15-22-8-6-12-37-13-9-21-14-24-25(45-19-44-24)16-23(21)28(30)29(22)37/h14-16,18,22,28-30,41H,6-13,17,19H2,1-5H3. The lowest BCUT2D eigenvalue weighted by molar-refractivity contribution is -0.180. The predicted molar refractivity (Wildman–Crippen MR) is 174 cm³/mol. The molecule has 48 heavy (non-hydrogen) atoms. The molecule has 0 radical (unpaired) electrons. The molecule has 2 aromatic rings. The molecule has 0 saturated carbocycles. The minimum Gasteiger partial charge on any atom is -0.497 e. The van der Waals surface area contributed by atoms with Gasteiger partial charge in [0, 0.05) is 18.5 Å². The van der Waals surface area contributed by atoms with Crippen molar-refractivity contribution in [1.29, 1.82) is 0 Å². The summed E-state index contributed by atoms with van der Waals surface area (Å²) in [5.74, 6) is -0.471. The summed E-state index contributed by atoms with van der Waals surface area (Å²) in [7, 11) is 2.76. The Bertz CT molecular complexity index is 1590. The molecule has 0 spiro atoms. The summed E-state index contributed by atoms with van der Waals surface area (Å²) in [6, 6.07) is 4.05. The van der Waals surface area contributed by atoms with Crippen molar-refractivity contribution in [2.45, 2.75) is 95.0 Å². The molecule has 0 amide bonds. The fourth-order valence-electron chi connectivity index (χ4n) is 7.62. The minimum absolute atomic E-state index is 0.0310. The number of fused-ring (bicyclic) bond motifs is 3. The topological polar surface area (TPSA) is 143 Å². The van der Waals surface area contributed by atoms with Gasteiger partial charge >= 0.3 is 17.9 Å². The number of carbonyl (C=O) groups is 3. The first-order valence-electron chi connectivity index (χ1n) is 16.5. The van der Waals surface area contributed by atoms with Crippen molar-refractivity contribution < 1.29 is 47.9 Å². The maximum Gasteiger partial charge on any atom is 0.350 e. The van der Waals surface area contributed by atoms with Gasteiger partial charge in [0.1, 0.15) is 16.2 Å². The van der Waals surface area contributed by atoms with Gasteiger partial charge in [-0.15, -0.1) is 11.3 Å². The SMILES string of the molecule is COC(=O)CC(O)(CCCC(C)(C)OC(=O)c1scnc1C)C(=O)OC1C(OC)=CC2CCCN3CCc4cc5c(cc4C1C23)OCO5. The van der Waals surface area contributed by atoms with Crippen molar-refractivity contribution in [3.63, 3.8) is 0 Å². The van der Waals surface area contributed by atoms with E-state index in [9.17, 15) is 19.5 Å². The zero-order valence-electron chi connectivity index (χ0n) is 28.1. The molecule has 1 aromatic carbocycles. The number of carbonyl (C=O) groups excluding carboxylic acids is 3. The third-order valence-electron chi connectivity index (χ3n) is 10.0. The molecule has 5 unspecified atom stereocenters. The van der Waals surface area contributed by atoms with Gasteiger partial charge in [0.15, 0.2) is 23.2 Å². The van der Waals surface area contributed by atoms with Gasteiger partial charge in [0.05, 0.1) is 31.8 Å². The van der Waals surface area contributed by atoms with E-state index in [0.29, 0.717) is 34.3 Å². The average molecular weight is 685 g/mol. The van der Waals surface area contributed by atoms with Gasteiger partial charge in [-0.1, -0.05) is 0 Å². The lowest BCUT2D eigenvalue weighted by Crippen LogP contribution is -2.55. The fraction of sp³-hybridized carbons (Fsp3) is 0.600. The van der Waals surface area contributed by atoms with Crippen LogP contribution in [0.5, 0.6) is 11.5 Å². The number of rotatable bonds is 11. The van der Waals surface area contributed by atoms with Gasteiger partial charge in [-0.05, 0) is 101 Å². The van der Waals surface area contributed by atoms with Crippen LogP contribution in [-0.2, 0) is 35.0 Å². The molecule has 1 fully saturated rings. The Balaban J connectivity index is 1.26. The highest BCUT2D eigenvalue weighted by Crippen LogP contribution is 2.50. The molecule has 1 N–H and O–H groups in total. The highest BCUT2D eigenvalue weighted by molar-refractivity contribution is 7.11. The van der Waals surface area contributed by atoms with Crippen molar-refractivity contribution in [1.82, 2.24) is 9.88 Å². The average Bonchev–Trinajstić information content (AvgIpc) is 3.66. The predicted octanol–water partition coefficient (Wildman–Crippen LogP) is 4.46. The van der Waals surface area contributed by atoms with Crippen LogP contribution in [0.2, 0.25) is 0 Å². The second kappa shape index (κ2) is 13.7. The van der Waals surface area contributed by atoms with Crippen LogP contribution in [0.4, 0.5) is 0 Å². The summed E-state index contributed by atoms with van der Waals surface area (Å²) in [6.07, 6.45) is 3.83. The third-order valence-corrected chi connectivity index (χ3v) is 10.9. The van der Waals surface area contributed by atoms with Gasteiger partial charge < -0.3 is 33.5 Å². The van der Waals surface area contributed by atoms with Crippen LogP contribution in [0, 0.1) is 12.8 Å². The van der Waals surface area contributed by atoms with Crippen LogP contribution in [0.15, 0.2) is 29.5 Å². The van der Waals surface area contributed by atoms with Crippen molar-refractivity contribution in [3.8, 4) is 11.5 Å². The highest BCUT2D eigenvalue weighted by Gasteiger charge is 2.52. The quantitative estimate of drug-likeness (QED) is 0.264. The van der Waals surface area contributed by atoms with Gasteiger partial charge in [0.25, 0.3) is 0 Å². The zero-order chi connectivity index (χ0) is 34.2. The van der Waals surface area contributed by atoms with E-state index in [2.05, 4.69) is 16.0 Å². The number of esters is 3. The normalized spacial score (nSPS) is 24.2. The minimum atomic E-state index is -2.20. The summed E-state index contributed by atoms with van der Waals surface area (Å²) >= 11 is 1.20. The van der Waals surface area contributed by atoms with Crippen LogP contribution in [-0.4, -0.2) is 90.3 Å². The van der Waals surface area contributed by atoms with E-state index in [-0.39, 0.29) is 37.5 Å². The second-order valence-electron chi connectivity index (χ2n) is 13.7. The van der Waals surface area contributed by atoms with Crippen LogP contribution in [0.1, 0.15) is 84.8 Å². The van der Waals surface area contributed by atoms with E-state index < -0.39 is 41.6 Å². The largest absolute Gasteiger partial charge is 0.497 e. The van der Waals surface area contributed by atoms with Gasteiger partial charge in [-0.25, -0.2) is 14.6 Å². The van der Waals surface area contributed by atoms with E-state index >= 15 is 0 Å². The molecule has 4 aliphatic rings. The molecule has 1 aliphatic carbocycles. The molecule has 1 aromatic heterocycles. The van der Waals surface area contributed by atoms with E-state index in [1.54, 1.807) is 33.4 Å². The Morgan fingerprint density at radius 3 is 2.60 bits per heavy atom. The van der Waals surface area contributed by atoms with Crippen molar-refractivity contribution >= 4 is 29.2 Å². The van der Waals surface area contributed by atoms with Crippen LogP contribution < -0.4 is 9.47 Å². The van der Waals surface area contributed by atoms with Gasteiger partial charge in [-0.3, -0.25) is 9.69 Å². The van der Waals surface area contributed by atoms with E-state index in [1.807, 2.05) is 12.1 Å². The van der Waals surface area contributed by atoms with Crippen molar-refractivity contribution in [3.05, 3.63) is 51.2 Å². The summed E-state index contributed by atoms with van der Waals surface area (Å²) in [4.78, 5) is 46.5. The number of hydrogen-bond donors (Lipinski definition) is 1. The summed E-state index contributed by atoms with van der Waals surface area (Å²) in [6.45, 7) is 7.17. The number of ether oxygens (including phenoxy) is 6. The third kappa shape index (κ3) is 6.77. The molecule has 12 nitrogen and oxygen atoms in total. The maximum atomic E-state index is 14.2. The molecule has 260 valence electrons. The lowest BCUT2D eigenvalue weighted by Gasteiger charge is -2.48. The first-order valence-corrected chi connectivity index (χ1v) is 17.4. The van der Waals surface area contributed by atoms with Crippen LogP contribution in [0.25, 0.3) is 0 Å². The molecular weight excluding hydrogens is 640 g/mol. The molecule has 4 heterocycles. The number of aliphatic hydroxyl groups is 1. The number of thiazole rings is 1. The van der Waals surface area contributed by atoms with Crippen LogP contribution >= 0.6 is 11.3 Å². The Hall–Kier alpha value is -3.68. The molecule has 6 rings (SSSR count). The van der Waals surface area contributed by atoms with Gasteiger partial charge in [0.2, 0.25) is 6.79 Å². The molecule has 13 heteroatoms. The Morgan fingerprint density at radius 2 is 1.90 bits per heavy atom. The van der Waals surface area contributed by atoms with E-state index in [0.717, 1.165) is 43.5 Å². The fourth-order valence-corrected chi connectivity index (χ4v) is 8.30. The molecular formula is C35H44N2O10S. The van der Waals surface area contributed by atoms with Crippen molar-refractivity contribution in [2.75, 3.05) is 34.1 Å². The number of piperidine rings is 1. The number of aromatic nitrogens is 1. The second-order valence-corrected chi connectivity index (χ2v) is 14.5. The van der Waals surface area contributed by atoms with Crippen LogP contribution in [0.3, 0.4) is 0 Å². The number of benzene rings is 1. The molecule has 0 bridgehead atoms. The number of methoxy groups -OCH3 is 2. The Kier molecular flexibility index (Phi) is 9.74. The van der Waals surface area contributed by atoms with E-state index in [4.69, 9.17) is 28.4 Å². The smallest absolute Gasteiger partial charge is 0.350 e. The Labute approximate surface area is 284 Å². The molecule has 5 atom stereocenters. The molecule has 1 saturated heterocycles. The van der Waals surface area contributed by atoms with Crippen molar-refractivity contribution in [2.24, 2.45) is 5.92 Å². The van der Waals surface area contributed by atoms with Gasteiger partial charge in [-0.2, -0.15) is 0 Å². The summed E-state index contributed by atoms with van der Waals surface area (Å²) in [5, 5.41) is 11.9. The zero-order valence-corrected chi connectivity index (χ0v) is 28.9. The summed E-state index contributed by atoms with van der Waals surface area (Å²) < 4.78 is 34.3.